The number of likely N-dealkylation sites (N-methyl/N-ethyl adjacent to an activating group) is 1. The van der Waals surface area contributed by atoms with Gasteiger partial charge in [-0.05, 0) is 36.4 Å². The van der Waals surface area contributed by atoms with Gasteiger partial charge in [-0.25, -0.2) is 17.6 Å². The molecule has 0 saturated heterocycles. The van der Waals surface area contributed by atoms with Crippen molar-refractivity contribution in [1.29, 1.82) is 0 Å². The fraction of sp³-hybridized carbons (Fsp3) is 0.0909. The molecule has 7 nitrogen and oxygen atoms in total. The highest BCUT2D eigenvalue weighted by molar-refractivity contribution is 7.92. The maximum Gasteiger partial charge on any atom is 0.340 e. The Morgan fingerprint density at radius 3 is 2.30 bits per heavy atom. The van der Waals surface area contributed by atoms with Gasteiger partial charge in [0.1, 0.15) is 10.7 Å². The van der Waals surface area contributed by atoms with E-state index in [1.165, 1.54) is 30.1 Å². The van der Waals surface area contributed by atoms with Crippen molar-refractivity contribution in [3.8, 4) is 0 Å². The van der Waals surface area contributed by atoms with E-state index in [9.17, 15) is 22.4 Å². The number of carbonyl (C=O) groups excluding carboxylic acids is 2. The highest BCUT2D eigenvalue weighted by Crippen LogP contribution is 2.31. The number of benzene rings is 3. The van der Waals surface area contributed by atoms with Crippen LogP contribution in [0.25, 0.3) is 0 Å². The van der Waals surface area contributed by atoms with Crippen LogP contribution in [0.1, 0.15) is 10.4 Å². The van der Waals surface area contributed by atoms with E-state index in [1.54, 1.807) is 30.3 Å². The molecule has 1 amide bonds. The number of nitrogens with one attached hydrogen (secondary N) is 1. The Labute approximate surface area is 199 Å². The van der Waals surface area contributed by atoms with Crippen LogP contribution in [0.15, 0.2) is 71.6 Å². The minimum absolute atomic E-state index is 0.182. The Hall–Kier alpha value is -3.14. The summed E-state index contributed by atoms with van der Waals surface area (Å²) in [5, 5.41) is -0.473. The summed E-state index contributed by atoms with van der Waals surface area (Å²) in [7, 11) is -2.87. The number of rotatable bonds is 7. The summed E-state index contributed by atoms with van der Waals surface area (Å²) in [6.07, 6.45) is 0. The first kappa shape index (κ1) is 24.5. The topological polar surface area (TPSA) is 92.8 Å². The van der Waals surface area contributed by atoms with E-state index in [2.05, 4.69) is 4.72 Å². The number of esters is 1. The van der Waals surface area contributed by atoms with E-state index in [0.29, 0.717) is 5.69 Å². The first-order chi connectivity index (χ1) is 15.6. The molecule has 0 radical (unpaired) electrons. The van der Waals surface area contributed by atoms with Gasteiger partial charge in [0.15, 0.2) is 6.61 Å². The lowest BCUT2D eigenvalue weighted by Gasteiger charge is -2.17. The standard InChI is InChI=1S/C22H17Cl2FN2O5S/c1-27(14-7-3-2-4-8-14)21(28)13-32-22(29)15-11-20(17(24)12-16(15)23)33(30,31)26-19-10-6-5-9-18(19)25/h2-12,26H,13H2,1H3. The van der Waals surface area contributed by atoms with Crippen LogP contribution in [0.4, 0.5) is 15.8 Å². The number of sulfonamides is 1. The number of ether oxygens (including phenoxy) is 1. The van der Waals surface area contributed by atoms with Crippen molar-refractivity contribution >= 4 is 56.5 Å². The summed E-state index contributed by atoms with van der Waals surface area (Å²) in [6.45, 7) is -0.612. The van der Waals surface area contributed by atoms with Crippen molar-refractivity contribution in [3.63, 3.8) is 0 Å². The zero-order valence-electron chi connectivity index (χ0n) is 17.1. The zero-order valence-corrected chi connectivity index (χ0v) is 19.4. The second-order valence-electron chi connectivity index (χ2n) is 6.71. The van der Waals surface area contributed by atoms with Crippen LogP contribution in [0, 0.1) is 5.82 Å². The molecular formula is C22H17Cl2FN2O5S. The molecule has 3 rings (SSSR count). The van der Waals surface area contributed by atoms with Gasteiger partial charge in [0, 0.05) is 12.7 Å². The maximum atomic E-state index is 13.9. The summed E-state index contributed by atoms with van der Waals surface area (Å²) in [5.74, 6) is -2.35. The third-order valence-corrected chi connectivity index (χ3v) is 6.64. The largest absolute Gasteiger partial charge is 0.452 e. The summed E-state index contributed by atoms with van der Waals surface area (Å²) in [6, 6.07) is 15.8. The van der Waals surface area contributed by atoms with Crippen molar-refractivity contribution in [2.24, 2.45) is 0 Å². The number of nitrogens with zero attached hydrogens (tertiary/aromatic N) is 1. The minimum atomic E-state index is -4.38. The summed E-state index contributed by atoms with van der Waals surface area (Å²) in [4.78, 5) is 25.6. The highest BCUT2D eigenvalue weighted by atomic mass is 35.5. The molecule has 172 valence electrons. The van der Waals surface area contributed by atoms with Crippen LogP contribution >= 0.6 is 23.2 Å². The average Bonchev–Trinajstić information content (AvgIpc) is 2.78. The molecule has 3 aromatic rings. The molecule has 33 heavy (non-hydrogen) atoms. The van der Waals surface area contributed by atoms with E-state index in [-0.39, 0.29) is 21.3 Å². The predicted molar refractivity (Wildman–Crippen MR) is 124 cm³/mol. The van der Waals surface area contributed by atoms with E-state index < -0.39 is 39.2 Å². The van der Waals surface area contributed by atoms with E-state index in [4.69, 9.17) is 27.9 Å². The third kappa shape index (κ3) is 5.81. The normalized spacial score (nSPS) is 11.0. The first-order valence-electron chi connectivity index (χ1n) is 9.35. The third-order valence-electron chi connectivity index (χ3n) is 4.49. The maximum absolute atomic E-state index is 13.9. The van der Waals surface area contributed by atoms with Gasteiger partial charge in [0.25, 0.3) is 15.9 Å². The highest BCUT2D eigenvalue weighted by Gasteiger charge is 2.25. The molecule has 0 atom stereocenters. The van der Waals surface area contributed by atoms with E-state index in [1.807, 2.05) is 0 Å². The SMILES string of the molecule is CN(C(=O)COC(=O)c1cc(S(=O)(=O)Nc2ccccc2F)c(Cl)cc1Cl)c1ccccc1. The molecule has 3 aromatic carbocycles. The second-order valence-corrected chi connectivity index (χ2v) is 9.18. The number of hydrogen-bond donors (Lipinski definition) is 1. The van der Waals surface area contributed by atoms with Crippen molar-refractivity contribution in [1.82, 2.24) is 0 Å². The Bertz CT molecular complexity index is 1300. The van der Waals surface area contributed by atoms with Crippen LogP contribution in [0.5, 0.6) is 0 Å². The molecular weight excluding hydrogens is 494 g/mol. The lowest BCUT2D eigenvalue weighted by molar-refractivity contribution is -0.121. The van der Waals surface area contributed by atoms with Crippen molar-refractivity contribution in [3.05, 3.63) is 88.2 Å². The van der Waals surface area contributed by atoms with Gasteiger partial charge in [-0.1, -0.05) is 53.5 Å². The lowest BCUT2D eigenvalue weighted by Crippen LogP contribution is -2.31. The first-order valence-corrected chi connectivity index (χ1v) is 11.6. The van der Waals surface area contributed by atoms with Crippen LogP contribution in [-0.4, -0.2) is 33.9 Å². The van der Waals surface area contributed by atoms with Gasteiger partial charge in [-0.15, -0.1) is 0 Å². The molecule has 0 bridgehead atoms. The number of anilines is 2. The molecule has 0 saturated carbocycles. The van der Waals surface area contributed by atoms with Crippen LogP contribution < -0.4 is 9.62 Å². The fourth-order valence-electron chi connectivity index (χ4n) is 2.73. The van der Waals surface area contributed by atoms with E-state index >= 15 is 0 Å². The molecule has 0 aliphatic heterocycles. The molecule has 0 aliphatic rings. The van der Waals surface area contributed by atoms with Crippen LogP contribution in [-0.2, 0) is 19.6 Å². The Morgan fingerprint density at radius 2 is 1.64 bits per heavy atom. The van der Waals surface area contributed by atoms with Gasteiger partial charge in [0.05, 0.1) is 21.3 Å². The molecule has 0 aliphatic carbocycles. The predicted octanol–water partition coefficient (Wildman–Crippen LogP) is 4.75. The van der Waals surface area contributed by atoms with Gasteiger partial charge in [0.2, 0.25) is 0 Å². The van der Waals surface area contributed by atoms with Crippen molar-refractivity contribution < 1.29 is 27.1 Å². The molecule has 0 fully saturated rings. The number of para-hydroxylation sites is 2. The summed E-state index contributed by atoms with van der Waals surface area (Å²) >= 11 is 12.1. The molecule has 1 N–H and O–H groups in total. The van der Waals surface area contributed by atoms with Gasteiger partial charge in [-0.3, -0.25) is 9.52 Å². The van der Waals surface area contributed by atoms with Crippen molar-refractivity contribution in [2.45, 2.75) is 4.90 Å². The Kier molecular flexibility index (Phi) is 7.57. The number of amides is 1. The molecule has 0 aromatic heterocycles. The van der Waals surface area contributed by atoms with Crippen LogP contribution in [0.3, 0.4) is 0 Å². The van der Waals surface area contributed by atoms with Gasteiger partial charge >= 0.3 is 5.97 Å². The average molecular weight is 511 g/mol. The summed E-state index contributed by atoms with van der Waals surface area (Å²) in [5.41, 5.74) is -0.0389. The minimum Gasteiger partial charge on any atom is -0.452 e. The molecule has 11 heteroatoms. The molecule has 0 spiro atoms. The lowest BCUT2D eigenvalue weighted by atomic mass is 10.2. The van der Waals surface area contributed by atoms with Crippen LogP contribution in [0.2, 0.25) is 10.0 Å². The monoisotopic (exact) mass is 510 g/mol. The Morgan fingerprint density at radius 1 is 1.00 bits per heavy atom. The van der Waals surface area contributed by atoms with Gasteiger partial charge in [-0.2, -0.15) is 0 Å². The summed E-state index contributed by atoms with van der Waals surface area (Å²) < 4.78 is 46.5. The molecule has 0 heterocycles. The molecule has 0 unspecified atom stereocenters. The van der Waals surface area contributed by atoms with Gasteiger partial charge < -0.3 is 9.64 Å². The quantitative estimate of drug-likeness (QED) is 0.462. The second kappa shape index (κ2) is 10.2. The fourth-order valence-corrected chi connectivity index (χ4v) is 4.65. The number of carbonyl (C=O) groups is 2. The Balaban J connectivity index is 1.79. The number of halogens is 3. The van der Waals surface area contributed by atoms with E-state index in [0.717, 1.165) is 18.2 Å². The number of hydrogen-bond acceptors (Lipinski definition) is 5. The van der Waals surface area contributed by atoms with Crippen molar-refractivity contribution in [2.75, 3.05) is 23.3 Å². The zero-order chi connectivity index (χ0) is 24.2. The smallest absolute Gasteiger partial charge is 0.340 e.